The molecule has 1 aromatic carbocycles. The summed E-state index contributed by atoms with van der Waals surface area (Å²) in [7, 11) is 0. The molecule has 2 heterocycles. The van der Waals surface area contributed by atoms with Crippen LogP contribution in [0.5, 0.6) is 0 Å². The number of carbonyl (C=O) groups is 2. The highest BCUT2D eigenvalue weighted by Crippen LogP contribution is 2.41. The zero-order chi connectivity index (χ0) is 18.6. The lowest BCUT2D eigenvalue weighted by atomic mass is 9.77. The van der Waals surface area contributed by atoms with Crippen molar-refractivity contribution in [1.82, 2.24) is 9.80 Å². The molecule has 0 N–H and O–H groups in total. The largest absolute Gasteiger partial charge is 0.342 e. The van der Waals surface area contributed by atoms with Crippen molar-refractivity contribution in [2.75, 3.05) is 32.4 Å². The summed E-state index contributed by atoms with van der Waals surface area (Å²) >= 11 is 1.60. The molecule has 0 radical (unpaired) electrons. The van der Waals surface area contributed by atoms with E-state index in [0.717, 1.165) is 38.0 Å². The minimum absolute atomic E-state index is 0.0221. The number of rotatable bonds is 5. The number of piperidine rings is 1. The van der Waals surface area contributed by atoms with Crippen LogP contribution in [-0.4, -0.2) is 59.3 Å². The van der Waals surface area contributed by atoms with Crippen LogP contribution in [0.3, 0.4) is 0 Å². The van der Waals surface area contributed by atoms with Gasteiger partial charge in [-0.05, 0) is 31.6 Å². The highest BCUT2D eigenvalue weighted by atomic mass is 32.2. The van der Waals surface area contributed by atoms with Crippen LogP contribution in [0.2, 0.25) is 0 Å². The zero-order valence-corrected chi connectivity index (χ0v) is 16.5. The van der Waals surface area contributed by atoms with Gasteiger partial charge in [-0.15, -0.1) is 0 Å². The number of likely N-dealkylation sites (tertiary alicyclic amines) is 2. The number of amides is 2. The van der Waals surface area contributed by atoms with Crippen molar-refractivity contribution >= 4 is 29.7 Å². The number of thioether (sulfide) groups is 1. The Morgan fingerprint density at radius 1 is 1.27 bits per heavy atom. The SMILES string of the molecule is CS[C@@H](C)C(=O)N1CCC2(CC1)CC(=O)N(C/C=C/c1ccccc1)C2. The van der Waals surface area contributed by atoms with Gasteiger partial charge < -0.3 is 9.80 Å². The van der Waals surface area contributed by atoms with Gasteiger partial charge in [0.1, 0.15) is 0 Å². The Morgan fingerprint density at radius 3 is 2.62 bits per heavy atom. The molecule has 2 amide bonds. The summed E-state index contributed by atoms with van der Waals surface area (Å²) in [5.41, 5.74) is 1.22. The van der Waals surface area contributed by atoms with E-state index in [1.54, 1.807) is 11.8 Å². The van der Waals surface area contributed by atoms with Gasteiger partial charge in [0.2, 0.25) is 11.8 Å². The maximum Gasteiger partial charge on any atom is 0.235 e. The minimum atomic E-state index is 0.0221. The molecule has 2 saturated heterocycles. The average molecular weight is 373 g/mol. The molecule has 0 aliphatic carbocycles. The summed E-state index contributed by atoms with van der Waals surface area (Å²) in [4.78, 5) is 28.8. The fraction of sp³-hybridized carbons (Fsp3) is 0.524. The van der Waals surface area contributed by atoms with E-state index in [1.807, 2.05) is 41.2 Å². The van der Waals surface area contributed by atoms with E-state index in [9.17, 15) is 9.59 Å². The highest BCUT2D eigenvalue weighted by molar-refractivity contribution is 7.99. The number of carbonyl (C=O) groups excluding carboxylic acids is 2. The quantitative estimate of drug-likeness (QED) is 0.796. The van der Waals surface area contributed by atoms with E-state index in [4.69, 9.17) is 0 Å². The third-order valence-corrected chi connectivity index (χ3v) is 6.59. The molecule has 140 valence electrons. The van der Waals surface area contributed by atoms with Crippen molar-refractivity contribution in [3.8, 4) is 0 Å². The Morgan fingerprint density at radius 2 is 1.96 bits per heavy atom. The summed E-state index contributed by atoms with van der Waals surface area (Å²) < 4.78 is 0. The average Bonchev–Trinajstić information content (AvgIpc) is 2.97. The topological polar surface area (TPSA) is 40.6 Å². The van der Waals surface area contributed by atoms with Crippen LogP contribution in [0.1, 0.15) is 31.7 Å². The van der Waals surface area contributed by atoms with Crippen LogP contribution in [-0.2, 0) is 9.59 Å². The van der Waals surface area contributed by atoms with E-state index in [-0.39, 0.29) is 22.5 Å². The van der Waals surface area contributed by atoms with Crippen molar-refractivity contribution < 1.29 is 9.59 Å². The second-order valence-corrected chi connectivity index (χ2v) is 8.65. The molecule has 1 spiro atoms. The Kier molecular flexibility index (Phi) is 6.07. The minimum Gasteiger partial charge on any atom is -0.342 e. The summed E-state index contributed by atoms with van der Waals surface area (Å²) in [6.45, 7) is 5.03. The molecule has 1 aromatic rings. The predicted octanol–water partition coefficient (Wildman–Crippen LogP) is 3.29. The molecule has 4 nitrogen and oxygen atoms in total. The summed E-state index contributed by atoms with van der Waals surface area (Å²) in [6, 6.07) is 10.2. The Balaban J connectivity index is 1.53. The molecule has 0 saturated carbocycles. The van der Waals surface area contributed by atoms with Crippen LogP contribution in [0.25, 0.3) is 6.08 Å². The molecule has 0 aromatic heterocycles. The van der Waals surface area contributed by atoms with Gasteiger partial charge in [0.25, 0.3) is 0 Å². The molecule has 0 bridgehead atoms. The maximum atomic E-state index is 12.5. The first-order valence-electron chi connectivity index (χ1n) is 9.34. The third kappa shape index (κ3) is 4.32. The van der Waals surface area contributed by atoms with Crippen molar-refractivity contribution in [3.63, 3.8) is 0 Å². The van der Waals surface area contributed by atoms with Crippen molar-refractivity contribution in [2.45, 2.75) is 31.4 Å². The summed E-state index contributed by atoms with van der Waals surface area (Å²) in [5.74, 6) is 0.485. The molecule has 26 heavy (non-hydrogen) atoms. The van der Waals surface area contributed by atoms with Crippen LogP contribution in [0.15, 0.2) is 36.4 Å². The summed E-state index contributed by atoms with van der Waals surface area (Å²) in [6.07, 6.45) is 8.63. The van der Waals surface area contributed by atoms with Crippen LogP contribution < -0.4 is 0 Å². The summed E-state index contributed by atoms with van der Waals surface area (Å²) in [5, 5.41) is 0.0221. The van der Waals surface area contributed by atoms with Gasteiger partial charge in [0.05, 0.1) is 5.25 Å². The third-order valence-electron chi connectivity index (χ3n) is 5.68. The van der Waals surface area contributed by atoms with Crippen molar-refractivity contribution in [3.05, 3.63) is 42.0 Å². The number of hydrogen-bond donors (Lipinski definition) is 0. The van der Waals surface area contributed by atoms with Crippen LogP contribution >= 0.6 is 11.8 Å². The lowest BCUT2D eigenvalue weighted by molar-refractivity contribution is -0.132. The fourth-order valence-electron chi connectivity index (χ4n) is 3.92. The van der Waals surface area contributed by atoms with E-state index in [2.05, 4.69) is 24.3 Å². The Labute approximate surface area is 160 Å². The van der Waals surface area contributed by atoms with Gasteiger partial charge in [-0.2, -0.15) is 11.8 Å². The van der Waals surface area contributed by atoms with E-state index in [0.29, 0.717) is 13.0 Å². The van der Waals surface area contributed by atoms with E-state index in [1.165, 1.54) is 0 Å². The number of benzene rings is 1. The molecule has 2 aliphatic heterocycles. The normalized spacial score (nSPS) is 20.9. The molecule has 1 atom stereocenters. The smallest absolute Gasteiger partial charge is 0.235 e. The fourth-order valence-corrected chi connectivity index (χ4v) is 4.27. The zero-order valence-electron chi connectivity index (χ0n) is 15.7. The number of hydrogen-bond acceptors (Lipinski definition) is 3. The Hall–Kier alpha value is -1.75. The highest BCUT2D eigenvalue weighted by Gasteiger charge is 2.45. The molecule has 2 aliphatic rings. The monoisotopic (exact) mass is 372 g/mol. The van der Waals surface area contributed by atoms with Gasteiger partial charge >= 0.3 is 0 Å². The first kappa shape index (κ1) is 19.0. The molecular weight excluding hydrogens is 344 g/mol. The van der Waals surface area contributed by atoms with Gasteiger partial charge in [0.15, 0.2) is 0 Å². The van der Waals surface area contributed by atoms with Gasteiger partial charge in [-0.25, -0.2) is 0 Å². The first-order valence-corrected chi connectivity index (χ1v) is 10.6. The van der Waals surface area contributed by atoms with Crippen molar-refractivity contribution in [1.29, 1.82) is 0 Å². The molecular formula is C21H28N2O2S. The van der Waals surface area contributed by atoms with E-state index >= 15 is 0 Å². The van der Waals surface area contributed by atoms with E-state index < -0.39 is 0 Å². The number of nitrogens with zero attached hydrogens (tertiary/aromatic N) is 2. The first-order chi connectivity index (χ1) is 12.5. The molecule has 3 rings (SSSR count). The Bertz CT molecular complexity index is 666. The van der Waals surface area contributed by atoms with Crippen LogP contribution in [0, 0.1) is 5.41 Å². The lowest BCUT2D eigenvalue weighted by Gasteiger charge is -2.39. The second-order valence-electron chi connectivity index (χ2n) is 7.47. The van der Waals surface area contributed by atoms with Crippen LogP contribution in [0.4, 0.5) is 0 Å². The van der Waals surface area contributed by atoms with Gasteiger partial charge in [-0.1, -0.05) is 42.5 Å². The second kappa shape index (κ2) is 8.30. The standard InChI is InChI=1S/C21H28N2O2S/c1-17(26-2)20(25)22-13-10-21(11-14-22)15-19(24)23(16-21)12-6-9-18-7-4-3-5-8-18/h3-9,17H,10-16H2,1-2H3/b9-6+/t17-/m0/s1. The molecule has 0 unspecified atom stereocenters. The predicted molar refractivity (Wildman–Crippen MR) is 108 cm³/mol. The van der Waals surface area contributed by atoms with Gasteiger partial charge in [-0.3, -0.25) is 9.59 Å². The lowest BCUT2D eigenvalue weighted by Crippen LogP contribution is -2.46. The van der Waals surface area contributed by atoms with Gasteiger partial charge in [0, 0.05) is 38.0 Å². The maximum absolute atomic E-state index is 12.5. The molecule has 5 heteroatoms. The van der Waals surface area contributed by atoms with Crippen molar-refractivity contribution in [2.24, 2.45) is 5.41 Å². The molecule has 2 fully saturated rings.